The molecule has 4 aromatic rings. The molecule has 2 aliphatic rings. The van der Waals surface area contributed by atoms with Gasteiger partial charge >= 0.3 is 0 Å². The molecule has 1 N–H and O–H groups in total. The van der Waals surface area contributed by atoms with E-state index in [1.807, 2.05) is 55.5 Å². The lowest BCUT2D eigenvalue weighted by molar-refractivity contribution is -0.127. The highest BCUT2D eigenvalue weighted by Gasteiger charge is 2.35. The van der Waals surface area contributed by atoms with Crippen molar-refractivity contribution in [3.63, 3.8) is 0 Å². The van der Waals surface area contributed by atoms with E-state index in [9.17, 15) is 9.59 Å². The zero-order valence-corrected chi connectivity index (χ0v) is 22.3. The van der Waals surface area contributed by atoms with E-state index in [0.29, 0.717) is 49.1 Å². The lowest BCUT2D eigenvalue weighted by Crippen LogP contribution is -2.47. The van der Waals surface area contributed by atoms with Crippen molar-refractivity contribution in [2.45, 2.75) is 38.5 Å². The number of fused-ring (bicyclic) bond motifs is 2. The number of nitrogens with zero attached hydrogens (tertiary/aromatic N) is 4. The van der Waals surface area contributed by atoms with Gasteiger partial charge in [-0.2, -0.15) is 0 Å². The summed E-state index contributed by atoms with van der Waals surface area (Å²) in [6.07, 6.45) is 1.82. The molecule has 1 aromatic heterocycles. The first kappa shape index (κ1) is 25.8. The van der Waals surface area contributed by atoms with Crippen molar-refractivity contribution >= 4 is 28.5 Å². The Morgan fingerprint density at radius 3 is 2.65 bits per heavy atom. The van der Waals surface area contributed by atoms with Gasteiger partial charge in [-0.25, -0.2) is 4.68 Å². The maximum absolute atomic E-state index is 14.3. The highest BCUT2D eigenvalue weighted by Crippen LogP contribution is 2.38. The Morgan fingerprint density at radius 2 is 1.82 bits per heavy atom. The molecule has 10 nitrogen and oxygen atoms in total. The maximum atomic E-state index is 14.3. The summed E-state index contributed by atoms with van der Waals surface area (Å²) in [5.74, 6) is 0.500. The molecule has 2 aliphatic heterocycles. The van der Waals surface area contributed by atoms with Gasteiger partial charge in [0.2, 0.25) is 11.8 Å². The molecule has 206 valence electrons. The van der Waals surface area contributed by atoms with E-state index in [-0.39, 0.29) is 24.5 Å². The Kier molecular flexibility index (Phi) is 7.33. The van der Waals surface area contributed by atoms with Crippen LogP contribution in [-0.2, 0) is 20.9 Å². The fourth-order valence-corrected chi connectivity index (χ4v) is 5.26. The van der Waals surface area contributed by atoms with Crippen molar-refractivity contribution < 1.29 is 23.8 Å². The minimum Gasteiger partial charge on any atom is -0.486 e. The molecule has 10 heteroatoms. The number of ether oxygens (including phenoxy) is 3. The van der Waals surface area contributed by atoms with Crippen LogP contribution in [0, 0.1) is 6.92 Å². The van der Waals surface area contributed by atoms with Crippen LogP contribution in [0.2, 0.25) is 0 Å². The third-order valence-electron chi connectivity index (χ3n) is 7.30. The van der Waals surface area contributed by atoms with Gasteiger partial charge in [-0.15, -0.1) is 5.10 Å². The lowest BCUT2D eigenvalue weighted by Gasteiger charge is -2.33. The van der Waals surface area contributed by atoms with E-state index in [0.717, 1.165) is 29.5 Å². The normalized spacial score (nSPS) is 17.0. The minimum absolute atomic E-state index is 0.0403. The van der Waals surface area contributed by atoms with Crippen LogP contribution in [0.5, 0.6) is 11.5 Å². The second-order valence-electron chi connectivity index (χ2n) is 9.97. The van der Waals surface area contributed by atoms with Gasteiger partial charge in [-0.05, 0) is 55.2 Å². The van der Waals surface area contributed by atoms with E-state index in [1.165, 1.54) is 4.90 Å². The predicted octanol–water partition coefficient (Wildman–Crippen LogP) is 3.58. The van der Waals surface area contributed by atoms with Crippen LogP contribution in [0.3, 0.4) is 0 Å². The van der Waals surface area contributed by atoms with Crippen molar-refractivity contribution in [2.75, 3.05) is 31.3 Å². The third-order valence-corrected chi connectivity index (χ3v) is 7.30. The van der Waals surface area contributed by atoms with E-state index in [4.69, 9.17) is 14.2 Å². The molecule has 0 spiro atoms. The molecule has 0 bridgehead atoms. The van der Waals surface area contributed by atoms with Crippen molar-refractivity contribution in [1.29, 1.82) is 0 Å². The zero-order valence-electron chi connectivity index (χ0n) is 22.3. The Balaban J connectivity index is 1.42. The summed E-state index contributed by atoms with van der Waals surface area (Å²) in [6, 6.07) is 19.4. The summed E-state index contributed by atoms with van der Waals surface area (Å²) in [5, 5.41) is 11.5. The number of rotatable bonds is 8. The highest BCUT2D eigenvalue weighted by molar-refractivity contribution is 6.02. The maximum Gasteiger partial charge on any atom is 0.249 e. The Morgan fingerprint density at radius 1 is 1.02 bits per heavy atom. The van der Waals surface area contributed by atoms with E-state index >= 15 is 0 Å². The van der Waals surface area contributed by atoms with Crippen LogP contribution in [-0.4, -0.2) is 59.3 Å². The number of aromatic nitrogens is 3. The molecule has 2 atom stereocenters. The number of carbonyl (C=O) groups is 2. The molecule has 1 saturated heterocycles. The Labute approximate surface area is 231 Å². The average Bonchev–Trinajstić information content (AvgIpc) is 3.65. The summed E-state index contributed by atoms with van der Waals surface area (Å²) in [6.45, 7) is 3.74. The third kappa shape index (κ3) is 5.22. The van der Waals surface area contributed by atoms with Crippen LogP contribution >= 0.6 is 0 Å². The first-order valence-corrected chi connectivity index (χ1v) is 13.5. The summed E-state index contributed by atoms with van der Waals surface area (Å²) >= 11 is 0. The molecular weight excluding hydrogens is 510 g/mol. The van der Waals surface area contributed by atoms with Crippen molar-refractivity contribution in [2.24, 2.45) is 0 Å². The summed E-state index contributed by atoms with van der Waals surface area (Å²) in [7, 11) is 0. The number of hydrogen-bond donors (Lipinski definition) is 1. The van der Waals surface area contributed by atoms with E-state index in [1.54, 1.807) is 22.9 Å². The molecule has 3 aromatic carbocycles. The molecule has 2 unspecified atom stereocenters. The van der Waals surface area contributed by atoms with Crippen molar-refractivity contribution in [1.82, 2.24) is 20.3 Å². The highest BCUT2D eigenvalue weighted by atomic mass is 16.6. The summed E-state index contributed by atoms with van der Waals surface area (Å²) in [4.78, 5) is 29.8. The van der Waals surface area contributed by atoms with Crippen molar-refractivity contribution in [3.05, 3.63) is 77.9 Å². The van der Waals surface area contributed by atoms with Crippen LogP contribution < -0.4 is 19.7 Å². The van der Waals surface area contributed by atoms with E-state index in [2.05, 4.69) is 15.6 Å². The van der Waals surface area contributed by atoms with Crippen LogP contribution in [0.15, 0.2) is 66.7 Å². The number of aryl methyl sites for hydroxylation is 1. The van der Waals surface area contributed by atoms with Crippen LogP contribution in [0.25, 0.3) is 11.0 Å². The smallest absolute Gasteiger partial charge is 0.249 e. The molecule has 40 heavy (non-hydrogen) atoms. The van der Waals surface area contributed by atoms with Gasteiger partial charge in [-0.1, -0.05) is 41.6 Å². The van der Waals surface area contributed by atoms with Gasteiger partial charge in [0, 0.05) is 24.9 Å². The summed E-state index contributed by atoms with van der Waals surface area (Å²) < 4.78 is 18.8. The number of para-hydroxylation sites is 1. The number of benzene rings is 3. The predicted molar refractivity (Wildman–Crippen MR) is 148 cm³/mol. The van der Waals surface area contributed by atoms with Gasteiger partial charge in [0.25, 0.3) is 0 Å². The molecule has 2 amide bonds. The summed E-state index contributed by atoms with van der Waals surface area (Å²) in [5.41, 5.74) is 3.54. The molecule has 6 rings (SSSR count). The lowest BCUT2D eigenvalue weighted by atomic mass is 9.98. The molecule has 0 radical (unpaired) electrons. The number of nitrogens with one attached hydrogen (secondary N) is 1. The number of amides is 2. The van der Waals surface area contributed by atoms with Gasteiger partial charge < -0.3 is 19.5 Å². The number of hydrogen-bond acceptors (Lipinski definition) is 7. The minimum atomic E-state index is -0.951. The standard InChI is InChI=1S/C30H31N5O5/c1-20-7-2-3-9-23(20)29(30(37)31-18-22-8-6-14-38-22)35(21-12-13-26-27(17-21)40-16-15-39-26)28(36)19-34-25-11-5-4-10-24(25)32-33-34/h2-5,7,9-13,17,22,29H,6,8,14-16,18-19H2,1H3,(H,31,37). The first-order chi connectivity index (χ1) is 19.6. The Hall–Kier alpha value is -4.44. The SMILES string of the molecule is Cc1ccccc1C(C(=O)NCC1CCCO1)N(C(=O)Cn1nnc2ccccc21)c1ccc2c(c1)OCCO2. The molecule has 0 saturated carbocycles. The van der Waals surface area contributed by atoms with Crippen LogP contribution in [0.1, 0.15) is 30.0 Å². The van der Waals surface area contributed by atoms with Gasteiger partial charge in [0.05, 0.1) is 11.6 Å². The van der Waals surface area contributed by atoms with Crippen LogP contribution in [0.4, 0.5) is 5.69 Å². The molecular formula is C30H31N5O5. The molecule has 1 fully saturated rings. The topological polar surface area (TPSA) is 108 Å². The second kappa shape index (κ2) is 11.4. The Bertz CT molecular complexity index is 1530. The van der Waals surface area contributed by atoms with Gasteiger partial charge in [-0.3, -0.25) is 14.5 Å². The number of carbonyl (C=O) groups excluding carboxylic acids is 2. The quantitative estimate of drug-likeness (QED) is 0.363. The average molecular weight is 542 g/mol. The zero-order chi connectivity index (χ0) is 27.5. The largest absolute Gasteiger partial charge is 0.486 e. The number of anilines is 1. The monoisotopic (exact) mass is 541 g/mol. The van der Waals surface area contributed by atoms with Gasteiger partial charge in [0.15, 0.2) is 11.5 Å². The first-order valence-electron chi connectivity index (χ1n) is 13.5. The van der Waals surface area contributed by atoms with Gasteiger partial charge in [0.1, 0.15) is 31.3 Å². The molecule has 0 aliphatic carbocycles. The molecule has 3 heterocycles. The fourth-order valence-electron chi connectivity index (χ4n) is 5.26. The fraction of sp³-hybridized carbons (Fsp3) is 0.333. The second-order valence-corrected chi connectivity index (χ2v) is 9.97. The van der Waals surface area contributed by atoms with E-state index < -0.39 is 6.04 Å². The van der Waals surface area contributed by atoms with Crippen molar-refractivity contribution in [3.8, 4) is 11.5 Å².